The lowest BCUT2D eigenvalue weighted by molar-refractivity contribution is -0.124. The first-order chi connectivity index (χ1) is 5.52. The van der Waals surface area contributed by atoms with E-state index in [4.69, 9.17) is 0 Å². The van der Waals surface area contributed by atoms with Crippen molar-refractivity contribution in [3.63, 3.8) is 0 Å². The van der Waals surface area contributed by atoms with Crippen LogP contribution in [0.3, 0.4) is 0 Å². The van der Waals surface area contributed by atoms with Crippen LogP contribution in [0.2, 0.25) is 0 Å². The van der Waals surface area contributed by atoms with Crippen LogP contribution >= 0.6 is 0 Å². The van der Waals surface area contributed by atoms with Crippen LogP contribution in [0.1, 0.15) is 20.3 Å². The van der Waals surface area contributed by atoms with Crippen LogP contribution in [-0.4, -0.2) is 37.6 Å². The predicted molar refractivity (Wildman–Crippen MR) is 49.6 cm³/mol. The highest BCUT2D eigenvalue weighted by Gasteiger charge is 2.01. The first-order valence-corrected chi connectivity index (χ1v) is 4.22. The van der Waals surface area contributed by atoms with E-state index in [-0.39, 0.29) is 5.91 Å². The number of nitrogens with zero attached hydrogens (tertiary/aromatic N) is 1. The predicted octanol–water partition coefficient (Wildman–Crippen LogP) is -0.0327. The number of carbonyl (C=O) groups excluding carboxylic acids is 1. The van der Waals surface area contributed by atoms with E-state index < -0.39 is 0 Å². The molecule has 0 unspecified atom stereocenters. The summed E-state index contributed by atoms with van der Waals surface area (Å²) in [6.07, 6.45) is 0.524. The SMILES string of the molecule is CC(C)NCCC(=O)NN(C)C. The quantitative estimate of drug-likeness (QED) is 0.574. The molecule has 0 atom stereocenters. The average Bonchev–Trinajstić information content (AvgIpc) is 1.84. The van der Waals surface area contributed by atoms with Gasteiger partial charge in [-0.2, -0.15) is 0 Å². The second kappa shape index (κ2) is 5.97. The molecule has 0 aromatic rings. The van der Waals surface area contributed by atoms with Gasteiger partial charge in [0.15, 0.2) is 0 Å². The van der Waals surface area contributed by atoms with Crippen molar-refractivity contribution in [2.24, 2.45) is 0 Å². The van der Waals surface area contributed by atoms with E-state index in [0.717, 1.165) is 6.54 Å². The van der Waals surface area contributed by atoms with E-state index in [1.165, 1.54) is 0 Å². The second-order valence-corrected chi connectivity index (χ2v) is 3.29. The molecule has 12 heavy (non-hydrogen) atoms. The first kappa shape index (κ1) is 11.4. The van der Waals surface area contributed by atoms with Crippen molar-refractivity contribution in [2.45, 2.75) is 26.3 Å². The molecule has 4 nitrogen and oxygen atoms in total. The summed E-state index contributed by atoms with van der Waals surface area (Å²) in [6.45, 7) is 4.85. The van der Waals surface area contributed by atoms with E-state index in [0.29, 0.717) is 12.5 Å². The molecular weight excluding hydrogens is 154 g/mol. The zero-order chi connectivity index (χ0) is 9.56. The summed E-state index contributed by atoms with van der Waals surface area (Å²) in [6, 6.07) is 0.442. The van der Waals surface area contributed by atoms with Crippen molar-refractivity contribution in [3.8, 4) is 0 Å². The van der Waals surface area contributed by atoms with Crippen molar-refractivity contribution < 1.29 is 4.79 Å². The molecule has 0 radical (unpaired) electrons. The fraction of sp³-hybridized carbons (Fsp3) is 0.875. The highest BCUT2D eigenvalue weighted by atomic mass is 16.2. The van der Waals surface area contributed by atoms with Gasteiger partial charge in [-0.1, -0.05) is 13.8 Å². The highest BCUT2D eigenvalue weighted by molar-refractivity contribution is 5.75. The Morgan fingerprint density at radius 2 is 2.00 bits per heavy atom. The summed E-state index contributed by atoms with van der Waals surface area (Å²) < 4.78 is 0. The molecule has 72 valence electrons. The molecule has 0 aliphatic rings. The van der Waals surface area contributed by atoms with E-state index in [2.05, 4.69) is 24.6 Å². The lowest BCUT2D eigenvalue weighted by Gasteiger charge is -2.12. The summed E-state index contributed by atoms with van der Waals surface area (Å²) in [5, 5.41) is 4.82. The molecular formula is C8H19N3O. The molecule has 0 saturated carbocycles. The number of amides is 1. The van der Waals surface area contributed by atoms with Crippen LogP contribution < -0.4 is 10.7 Å². The third-order valence-corrected chi connectivity index (χ3v) is 1.25. The van der Waals surface area contributed by atoms with Gasteiger partial charge in [-0.05, 0) is 0 Å². The minimum Gasteiger partial charge on any atom is -0.314 e. The molecule has 0 aliphatic carbocycles. The molecule has 0 aromatic heterocycles. The molecule has 0 bridgehead atoms. The molecule has 0 rings (SSSR count). The van der Waals surface area contributed by atoms with E-state index in [1.807, 2.05) is 0 Å². The van der Waals surface area contributed by atoms with Gasteiger partial charge in [-0.15, -0.1) is 0 Å². The minimum atomic E-state index is 0.0492. The Morgan fingerprint density at radius 1 is 1.42 bits per heavy atom. The zero-order valence-electron chi connectivity index (χ0n) is 8.35. The van der Waals surface area contributed by atoms with E-state index >= 15 is 0 Å². The Labute approximate surface area is 74.3 Å². The Bertz CT molecular complexity index is 134. The Morgan fingerprint density at radius 3 is 2.42 bits per heavy atom. The van der Waals surface area contributed by atoms with Crippen molar-refractivity contribution in [1.29, 1.82) is 0 Å². The Kier molecular flexibility index (Phi) is 5.66. The Hall–Kier alpha value is -0.610. The maximum atomic E-state index is 11.0. The van der Waals surface area contributed by atoms with Gasteiger partial charge >= 0.3 is 0 Å². The van der Waals surface area contributed by atoms with Crippen molar-refractivity contribution >= 4 is 5.91 Å². The van der Waals surface area contributed by atoms with Gasteiger partial charge in [-0.25, -0.2) is 5.01 Å². The number of hydrogen-bond donors (Lipinski definition) is 2. The number of nitrogens with one attached hydrogen (secondary N) is 2. The van der Waals surface area contributed by atoms with Gasteiger partial charge in [0.2, 0.25) is 5.91 Å². The topological polar surface area (TPSA) is 44.4 Å². The molecule has 4 heteroatoms. The summed E-state index contributed by atoms with van der Waals surface area (Å²) in [7, 11) is 3.60. The normalized spacial score (nSPS) is 10.8. The number of carbonyl (C=O) groups is 1. The maximum absolute atomic E-state index is 11.0. The van der Waals surface area contributed by atoms with Gasteiger partial charge in [0.05, 0.1) is 0 Å². The molecule has 0 spiro atoms. The zero-order valence-corrected chi connectivity index (χ0v) is 8.35. The molecule has 0 saturated heterocycles. The first-order valence-electron chi connectivity index (χ1n) is 4.22. The Balaban J connectivity index is 3.32. The summed E-state index contributed by atoms with van der Waals surface area (Å²) >= 11 is 0. The van der Waals surface area contributed by atoms with Crippen LogP contribution in [0.5, 0.6) is 0 Å². The third-order valence-electron chi connectivity index (χ3n) is 1.25. The number of hydrogen-bond acceptors (Lipinski definition) is 3. The van der Waals surface area contributed by atoms with Gasteiger partial charge in [0.25, 0.3) is 0 Å². The second-order valence-electron chi connectivity index (χ2n) is 3.29. The summed E-state index contributed by atoms with van der Waals surface area (Å²) in [5.74, 6) is 0.0492. The molecule has 1 amide bonds. The van der Waals surface area contributed by atoms with Crippen molar-refractivity contribution in [2.75, 3.05) is 20.6 Å². The fourth-order valence-corrected chi connectivity index (χ4v) is 0.780. The average molecular weight is 173 g/mol. The van der Waals surface area contributed by atoms with Crippen molar-refractivity contribution in [1.82, 2.24) is 15.8 Å². The molecule has 0 fully saturated rings. The van der Waals surface area contributed by atoms with Crippen LogP contribution in [0.4, 0.5) is 0 Å². The van der Waals surface area contributed by atoms with Crippen LogP contribution in [0, 0.1) is 0 Å². The third kappa shape index (κ3) is 7.50. The standard InChI is InChI=1S/C8H19N3O/c1-7(2)9-6-5-8(12)10-11(3)4/h7,9H,5-6H2,1-4H3,(H,10,12). The highest BCUT2D eigenvalue weighted by Crippen LogP contribution is 1.81. The maximum Gasteiger partial charge on any atom is 0.235 e. The van der Waals surface area contributed by atoms with E-state index in [1.54, 1.807) is 19.1 Å². The van der Waals surface area contributed by atoms with Crippen LogP contribution in [-0.2, 0) is 4.79 Å². The van der Waals surface area contributed by atoms with E-state index in [9.17, 15) is 4.79 Å². The molecule has 0 aliphatic heterocycles. The fourth-order valence-electron chi connectivity index (χ4n) is 0.780. The lowest BCUT2D eigenvalue weighted by atomic mass is 10.3. The largest absolute Gasteiger partial charge is 0.314 e. The van der Waals surface area contributed by atoms with Gasteiger partial charge in [0.1, 0.15) is 0 Å². The molecule has 2 N–H and O–H groups in total. The summed E-state index contributed by atoms with van der Waals surface area (Å²) in [5.41, 5.74) is 2.67. The van der Waals surface area contributed by atoms with Gasteiger partial charge in [-0.3, -0.25) is 10.2 Å². The van der Waals surface area contributed by atoms with Gasteiger partial charge in [0, 0.05) is 33.1 Å². The lowest BCUT2D eigenvalue weighted by Crippen LogP contribution is -2.38. The number of rotatable bonds is 5. The van der Waals surface area contributed by atoms with Gasteiger partial charge < -0.3 is 5.32 Å². The monoisotopic (exact) mass is 173 g/mol. The van der Waals surface area contributed by atoms with Crippen molar-refractivity contribution in [3.05, 3.63) is 0 Å². The van der Waals surface area contributed by atoms with Crippen LogP contribution in [0.15, 0.2) is 0 Å². The summed E-state index contributed by atoms with van der Waals surface area (Å²) in [4.78, 5) is 11.0. The van der Waals surface area contributed by atoms with Crippen LogP contribution in [0.25, 0.3) is 0 Å². The molecule has 0 heterocycles. The smallest absolute Gasteiger partial charge is 0.235 e. The molecule has 0 aromatic carbocycles. The minimum absolute atomic E-state index is 0.0492. The number of hydrazine groups is 1.